The van der Waals surface area contributed by atoms with Crippen LogP contribution in [-0.4, -0.2) is 69.8 Å². The summed E-state index contributed by atoms with van der Waals surface area (Å²) in [5.41, 5.74) is 8.28. The van der Waals surface area contributed by atoms with Crippen molar-refractivity contribution in [1.29, 1.82) is 5.26 Å². The summed E-state index contributed by atoms with van der Waals surface area (Å²) in [7, 11) is 0. The number of likely N-dealkylation sites (tertiary alicyclic amines) is 3. The van der Waals surface area contributed by atoms with Crippen LogP contribution in [0, 0.1) is 17.1 Å². The van der Waals surface area contributed by atoms with Crippen molar-refractivity contribution in [2.75, 3.05) is 19.6 Å². The summed E-state index contributed by atoms with van der Waals surface area (Å²) in [4.78, 5) is 6.44. The third-order valence-corrected chi connectivity index (χ3v) is 6.93. The molecule has 7 heteroatoms. The highest BCUT2D eigenvalue weighted by Gasteiger charge is 2.51. The quantitative estimate of drug-likeness (QED) is 0.759. The van der Waals surface area contributed by atoms with E-state index in [0.717, 1.165) is 43.6 Å². The molecule has 156 valence electrons. The van der Waals surface area contributed by atoms with Crippen LogP contribution in [0.3, 0.4) is 0 Å². The highest BCUT2D eigenvalue weighted by Crippen LogP contribution is 2.40. The standard InChI is InChI=1S/C22H30FN5O/c1-14(16-5-7-17(23)8-6-16)28-19-10-21(22(28)29)26(12-19)13-20(25)15(2)27-9-3-4-18(27)11-24/h5-8,14,18-22,29H,2-4,9-10,12-13,25H2,1H3/t14-,18?,19-,20-,21-,22?/m0/s1. The number of hydrogen-bond acceptors (Lipinski definition) is 6. The molecule has 3 aliphatic rings. The molecule has 4 rings (SSSR count). The minimum absolute atomic E-state index is 0.0207. The molecule has 3 fully saturated rings. The molecule has 3 saturated heterocycles. The maximum absolute atomic E-state index is 13.2. The molecular formula is C22H30FN5O. The molecule has 1 aromatic carbocycles. The fourth-order valence-electron chi connectivity index (χ4n) is 5.33. The molecule has 3 N–H and O–H groups in total. The van der Waals surface area contributed by atoms with Gasteiger partial charge in [0.1, 0.15) is 18.1 Å². The molecule has 0 amide bonds. The number of aliphatic hydroxyl groups is 1. The van der Waals surface area contributed by atoms with E-state index >= 15 is 0 Å². The van der Waals surface area contributed by atoms with Gasteiger partial charge in [-0.1, -0.05) is 18.7 Å². The summed E-state index contributed by atoms with van der Waals surface area (Å²) in [6, 6.07) is 8.78. The molecule has 6 atom stereocenters. The van der Waals surface area contributed by atoms with Gasteiger partial charge in [-0.05, 0) is 43.9 Å². The Hall–Kier alpha value is -1.98. The van der Waals surface area contributed by atoms with Gasteiger partial charge in [-0.15, -0.1) is 0 Å². The van der Waals surface area contributed by atoms with Crippen LogP contribution in [-0.2, 0) is 0 Å². The number of nitriles is 1. The van der Waals surface area contributed by atoms with Crippen LogP contribution in [0.2, 0.25) is 0 Å². The lowest BCUT2D eigenvalue weighted by Gasteiger charge is -2.42. The van der Waals surface area contributed by atoms with E-state index in [-0.39, 0.29) is 36.0 Å². The molecule has 0 aliphatic carbocycles. The summed E-state index contributed by atoms with van der Waals surface area (Å²) in [6.45, 7) is 8.54. The number of piperazine rings is 1. The Labute approximate surface area is 172 Å². The van der Waals surface area contributed by atoms with Crippen LogP contribution < -0.4 is 5.73 Å². The lowest BCUT2D eigenvalue weighted by Crippen LogP contribution is -2.56. The molecule has 0 saturated carbocycles. The fourth-order valence-corrected chi connectivity index (χ4v) is 5.33. The monoisotopic (exact) mass is 399 g/mol. The predicted molar refractivity (Wildman–Crippen MR) is 109 cm³/mol. The first-order chi connectivity index (χ1) is 13.9. The maximum atomic E-state index is 13.2. The third kappa shape index (κ3) is 3.66. The SMILES string of the molecule is C=C([C@@H](N)CN1C[C@@H]2C[C@H]1C(O)N2[C@@H](C)c1ccc(F)cc1)N1CCCC1C#N. The number of nitrogens with zero attached hydrogens (tertiary/aromatic N) is 4. The number of aliphatic hydroxyl groups excluding tert-OH is 1. The number of hydrogen-bond donors (Lipinski definition) is 2. The number of benzene rings is 1. The lowest BCUT2D eigenvalue weighted by molar-refractivity contribution is -0.0792. The van der Waals surface area contributed by atoms with E-state index in [1.807, 2.05) is 4.90 Å². The summed E-state index contributed by atoms with van der Waals surface area (Å²) < 4.78 is 13.2. The Morgan fingerprint density at radius 1 is 1.41 bits per heavy atom. The molecule has 0 spiro atoms. The van der Waals surface area contributed by atoms with E-state index in [1.54, 1.807) is 12.1 Å². The second kappa shape index (κ2) is 8.04. The van der Waals surface area contributed by atoms with E-state index in [0.29, 0.717) is 6.54 Å². The first-order valence-electron chi connectivity index (χ1n) is 10.5. The van der Waals surface area contributed by atoms with Crippen molar-refractivity contribution in [3.8, 4) is 6.07 Å². The molecule has 29 heavy (non-hydrogen) atoms. The zero-order valence-corrected chi connectivity index (χ0v) is 16.9. The van der Waals surface area contributed by atoms with Crippen molar-refractivity contribution in [2.45, 2.75) is 62.6 Å². The predicted octanol–water partition coefficient (Wildman–Crippen LogP) is 1.79. The zero-order chi connectivity index (χ0) is 20.7. The maximum Gasteiger partial charge on any atom is 0.123 e. The highest BCUT2D eigenvalue weighted by molar-refractivity contribution is 5.21. The average Bonchev–Trinajstić information content (AvgIpc) is 3.41. The van der Waals surface area contributed by atoms with E-state index in [1.165, 1.54) is 12.1 Å². The number of rotatable bonds is 6. The van der Waals surface area contributed by atoms with Gasteiger partial charge in [-0.25, -0.2) is 4.39 Å². The first-order valence-corrected chi connectivity index (χ1v) is 10.5. The van der Waals surface area contributed by atoms with E-state index in [2.05, 4.69) is 29.4 Å². The topological polar surface area (TPSA) is 79.8 Å². The van der Waals surface area contributed by atoms with Gasteiger partial charge in [0.15, 0.2) is 0 Å². The van der Waals surface area contributed by atoms with Crippen molar-refractivity contribution >= 4 is 0 Å². The second-order valence-electron chi connectivity index (χ2n) is 8.58. The van der Waals surface area contributed by atoms with Crippen molar-refractivity contribution in [3.05, 3.63) is 47.9 Å². The molecule has 1 aromatic rings. The van der Waals surface area contributed by atoms with Crippen molar-refractivity contribution in [1.82, 2.24) is 14.7 Å². The Balaban J connectivity index is 1.38. The van der Waals surface area contributed by atoms with Gasteiger partial charge in [-0.3, -0.25) is 9.80 Å². The van der Waals surface area contributed by atoms with Crippen LogP contribution in [0.4, 0.5) is 4.39 Å². The minimum atomic E-state index is -0.576. The molecule has 2 bridgehead atoms. The molecule has 3 heterocycles. The molecule has 6 nitrogen and oxygen atoms in total. The van der Waals surface area contributed by atoms with Crippen molar-refractivity contribution in [2.24, 2.45) is 5.73 Å². The Bertz CT molecular complexity index is 791. The number of halogens is 1. The van der Waals surface area contributed by atoms with E-state index in [9.17, 15) is 14.8 Å². The number of nitrogens with two attached hydrogens (primary N) is 1. The average molecular weight is 400 g/mol. The summed E-state index contributed by atoms with van der Waals surface area (Å²) in [5.74, 6) is -0.249. The molecule has 0 aromatic heterocycles. The van der Waals surface area contributed by atoms with Crippen molar-refractivity contribution in [3.63, 3.8) is 0 Å². The van der Waals surface area contributed by atoms with Gasteiger partial charge < -0.3 is 15.7 Å². The normalized spacial score (nSPS) is 31.8. The summed E-state index contributed by atoms with van der Waals surface area (Å²) >= 11 is 0. The van der Waals surface area contributed by atoms with Gasteiger partial charge in [-0.2, -0.15) is 5.26 Å². The van der Waals surface area contributed by atoms with Crippen LogP contribution in [0.25, 0.3) is 0 Å². The van der Waals surface area contributed by atoms with Crippen LogP contribution in [0.15, 0.2) is 36.5 Å². The van der Waals surface area contributed by atoms with Gasteiger partial charge in [0.05, 0.1) is 18.2 Å². The Morgan fingerprint density at radius 3 is 2.79 bits per heavy atom. The second-order valence-corrected chi connectivity index (χ2v) is 8.58. The smallest absolute Gasteiger partial charge is 0.123 e. The third-order valence-electron chi connectivity index (χ3n) is 6.93. The van der Waals surface area contributed by atoms with Gasteiger partial charge >= 0.3 is 0 Å². The Morgan fingerprint density at radius 2 is 2.14 bits per heavy atom. The van der Waals surface area contributed by atoms with Gasteiger partial charge in [0, 0.05) is 37.4 Å². The first kappa shape index (κ1) is 20.3. The summed E-state index contributed by atoms with van der Waals surface area (Å²) in [5, 5.41) is 20.3. The molecule has 2 unspecified atom stereocenters. The molecule has 0 radical (unpaired) electrons. The van der Waals surface area contributed by atoms with Gasteiger partial charge in [0.2, 0.25) is 0 Å². The Kier molecular flexibility index (Phi) is 5.63. The highest BCUT2D eigenvalue weighted by atomic mass is 19.1. The van der Waals surface area contributed by atoms with Gasteiger partial charge in [0.25, 0.3) is 0 Å². The van der Waals surface area contributed by atoms with Crippen LogP contribution >= 0.6 is 0 Å². The molecule has 3 aliphatic heterocycles. The van der Waals surface area contributed by atoms with E-state index < -0.39 is 6.23 Å². The van der Waals surface area contributed by atoms with Crippen LogP contribution in [0.1, 0.15) is 37.8 Å². The fraction of sp³-hybridized carbons (Fsp3) is 0.591. The number of fused-ring (bicyclic) bond motifs is 2. The largest absolute Gasteiger partial charge is 0.377 e. The van der Waals surface area contributed by atoms with Crippen LogP contribution in [0.5, 0.6) is 0 Å². The molecular weight excluding hydrogens is 369 g/mol. The van der Waals surface area contributed by atoms with Crippen molar-refractivity contribution < 1.29 is 9.50 Å². The lowest BCUT2D eigenvalue weighted by atomic mass is 10.0. The summed E-state index contributed by atoms with van der Waals surface area (Å²) in [6.07, 6.45) is 2.18. The van der Waals surface area contributed by atoms with E-state index in [4.69, 9.17) is 5.73 Å². The minimum Gasteiger partial charge on any atom is -0.377 e. The zero-order valence-electron chi connectivity index (χ0n) is 16.9.